The first-order chi connectivity index (χ1) is 14.2. The smallest absolute Gasteiger partial charge is 0.118 e. The van der Waals surface area contributed by atoms with Crippen molar-refractivity contribution < 1.29 is 4.74 Å². The zero-order valence-corrected chi connectivity index (χ0v) is 17.6. The topological polar surface area (TPSA) is 34.1 Å². The number of methoxy groups -OCH3 is 1. The lowest BCUT2D eigenvalue weighted by atomic mass is 10.0. The Morgan fingerprint density at radius 2 is 1.59 bits per heavy atom. The van der Waals surface area contributed by atoms with E-state index in [1.165, 1.54) is 16.7 Å². The Morgan fingerprint density at radius 1 is 0.862 bits per heavy atom. The number of pyridine rings is 1. The van der Waals surface area contributed by atoms with Gasteiger partial charge in [0.25, 0.3) is 0 Å². The van der Waals surface area contributed by atoms with Gasteiger partial charge in [0.15, 0.2) is 0 Å². The quantitative estimate of drug-likeness (QED) is 0.408. The maximum Gasteiger partial charge on any atom is 0.118 e. The summed E-state index contributed by atoms with van der Waals surface area (Å²) in [6, 6.07) is 27.1. The number of anilines is 1. The molecule has 1 N–H and O–H groups in total. The number of fused-ring (bicyclic) bond motifs is 1. The summed E-state index contributed by atoms with van der Waals surface area (Å²) in [5, 5.41) is 4.63. The third kappa shape index (κ3) is 4.94. The Balaban J connectivity index is 0.00000117. The van der Waals surface area contributed by atoms with Gasteiger partial charge < -0.3 is 10.1 Å². The van der Waals surface area contributed by atoms with Gasteiger partial charge in [-0.3, -0.25) is 4.98 Å². The van der Waals surface area contributed by atoms with E-state index >= 15 is 0 Å². The van der Waals surface area contributed by atoms with E-state index in [-0.39, 0.29) is 0 Å². The normalized spacial score (nSPS) is 10.2. The number of hydrogen-bond donors (Lipinski definition) is 1. The van der Waals surface area contributed by atoms with E-state index in [1.807, 2.05) is 32.0 Å². The summed E-state index contributed by atoms with van der Waals surface area (Å²) in [6.07, 6.45) is 0. The van der Waals surface area contributed by atoms with Crippen molar-refractivity contribution in [1.29, 1.82) is 0 Å². The van der Waals surface area contributed by atoms with E-state index in [0.29, 0.717) is 0 Å². The number of aryl methyl sites for hydroxylation is 1. The lowest BCUT2D eigenvalue weighted by Gasteiger charge is -2.11. The second-order valence-electron chi connectivity index (χ2n) is 6.60. The molecular formula is C26H28N2O. The highest BCUT2D eigenvalue weighted by molar-refractivity contribution is 5.87. The number of rotatable bonds is 5. The molecule has 3 aromatic carbocycles. The van der Waals surface area contributed by atoms with Crippen molar-refractivity contribution in [3.8, 4) is 16.9 Å². The van der Waals surface area contributed by atoms with Crippen LogP contribution in [0.25, 0.3) is 22.0 Å². The van der Waals surface area contributed by atoms with Crippen molar-refractivity contribution in [3.63, 3.8) is 0 Å². The molecule has 0 atom stereocenters. The molecule has 0 unspecified atom stereocenters. The molecule has 0 bridgehead atoms. The second kappa shape index (κ2) is 9.74. The van der Waals surface area contributed by atoms with Crippen LogP contribution in [0.15, 0.2) is 78.9 Å². The summed E-state index contributed by atoms with van der Waals surface area (Å²) in [5.41, 5.74) is 6.73. The molecule has 0 fully saturated rings. The molecule has 29 heavy (non-hydrogen) atoms. The highest BCUT2D eigenvalue weighted by Gasteiger charge is 2.06. The van der Waals surface area contributed by atoms with Crippen molar-refractivity contribution in [2.24, 2.45) is 0 Å². The molecule has 0 spiro atoms. The number of aromatic nitrogens is 1. The highest BCUT2D eigenvalue weighted by Crippen LogP contribution is 2.27. The molecule has 0 saturated carbocycles. The number of nitrogens with one attached hydrogen (secondary N) is 1. The largest absolute Gasteiger partial charge is 0.497 e. The third-order valence-electron chi connectivity index (χ3n) is 4.75. The minimum absolute atomic E-state index is 0.764. The first-order valence-corrected chi connectivity index (χ1v) is 10.1. The van der Waals surface area contributed by atoms with E-state index in [0.717, 1.165) is 34.6 Å². The number of hydrogen-bond acceptors (Lipinski definition) is 3. The van der Waals surface area contributed by atoms with Crippen LogP contribution in [0.3, 0.4) is 0 Å². The van der Waals surface area contributed by atoms with Crippen molar-refractivity contribution in [2.75, 3.05) is 12.4 Å². The van der Waals surface area contributed by atoms with Gasteiger partial charge in [0.1, 0.15) is 5.75 Å². The van der Waals surface area contributed by atoms with Gasteiger partial charge in [-0.25, -0.2) is 0 Å². The predicted molar refractivity (Wildman–Crippen MR) is 124 cm³/mol. The SMILES string of the molecule is CC.COc1ccc(CNc2ccc3nc(C)c(-c4ccccc4)cc3c2)cc1. The Morgan fingerprint density at radius 3 is 2.28 bits per heavy atom. The first kappa shape index (κ1) is 20.4. The number of ether oxygens (including phenoxy) is 1. The Bertz CT molecular complexity index is 1060. The lowest BCUT2D eigenvalue weighted by Crippen LogP contribution is -1.99. The molecule has 0 radical (unpaired) electrons. The second-order valence-corrected chi connectivity index (χ2v) is 6.60. The van der Waals surface area contributed by atoms with Gasteiger partial charge in [-0.1, -0.05) is 56.3 Å². The molecular weight excluding hydrogens is 356 g/mol. The molecule has 0 aliphatic rings. The standard InChI is InChI=1S/C24H22N2O.C2H6/c1-17-23(19-6-4-3-5-7-19)15-20-14-21(10-13-24(20)26-17)25-16-18-8-11-22(27-2)12-9-18;1-2/h3-15,25H,16H2,1-2H3;1-2H3. The maximum atomic E-state index is 5.21. The van der Waals surface area contributed by atoms with E-state index in [2.05, 4.69) is 72.9 Å². The van der Waals surface area contributed by atoms with Crippen molar-refractivity contribution in [1.82, 2.24) is 4.98 Å². The summed E-state index contributed by atoms with van der Waals surface area (Å²) in [4.78, 5) is 4.79. The van der Waals surface area contributed by atoms with Gasteiger partial charge in [0.05, 0.1) is 12.6 Å². The average Bonchev–Trinajstić information content (AvgIpc) is 2.79. The third-order valence-corrected chi connectivity index (χ3v) is 4.75. The fourth-order valence-corrected chi connectivity index (χ4v) is 3.24. The van der Waals surface area contributed by atoms with Crippen molar-refractivity contribution in [3.05, 3.63) is 90.1 Å². The molecule has 148 valence electrons. The van der Waals surface area contributed by atoms with Gasteiger partial charge in [-0.15, -0.1) is 0 Å². The monoisotopic (exact) mass is 384 g/mol. The van der Waals surface area contributed by atoms with Gasteiger partial charge in [-0.2, -0.15) is 0 Å². The van der Waals surface area contributed by atoms with Crippen LogP contribution in [0.4, 0.5) is 5.69 Å². The molecule has 3 heteroatoms. The Kier molecular flexibility index (Phi) is 6.85. The molecule has 0 aliphatic heterocycles. The summed E-state index contributed by atoms with van der Waals surface area (Å²) in [7, 11) is 1.68. The summed E-state index contributed by atoms with van der Waals surface area (Å²) >= 11 is 0. The molecule has 4 rings (SSSR count). The predicted octanol–water partition coefficient (Wildman–Crippen LogP) is 6.86. The zero-order valence-electron chi connectivity index (χ0n) is 17.6. The fourth-order valence-electron chi connectivity index (χ4n) is 3.24. The zero-order chi connectivity index (χ0) is 20.6. The van der Waals surface area contributed by atoms with Crippen LogP contribution in [0.5, 0.6) is 5.75 Å². The van der Waals surface area contributed by atoms with Crippen molar-refractivity contribution >= 4 is 16.6 Å². The molecule has 1 heterocycles. The Hall–Kier alpha value is -3.33. The minimum atomic E-state index is 0.764. The van der Waals surface area contributed by atoms with Crippen LogP contribution in [0.1, 0.15) is 25.1 Å². The molecule has 1 aromatic heterocycles. The van der Waals surface area contributed by atoms with E-state index in [1.54, 1.807) is 7.11 Å². The van der Waals surface area contributed by atoms with Gasteiger partial charge >= 0.3 is 0 Å². The van der Waals surface area contributed by atoms with E-state index < -0.39 is 0 Å². The highest BCUT2D eigenvalue weighted by atomic mass is 16.5. The van der Waals surface area contributed by atoms with Crippen LogP contribution in [0.2, 0.25) is 0 Å². The van der Waals surface area contributed by atoms with Gasteiger partial charge in [0.2, 0.25) is 0 Å². The van der Waals surface area contributed by atoms with Crippen LogP contribution < -0.4 is 10.1 Å². The van der Waals surface area contributed by atoms with Gasteiger partial charge in [-0.05, 0) is 54.4 Å². The fraction of sp³-hybridized carbons (Fsp3) is 0.192. The van der Waals surface area contributed by atoms with Crippen LogP contribution in [0, 0.1) is 6.92 Å². The molecule has 0 saturated heterocycles. The maximum absolute atomic E-state index is 5.21. The van der Waals surface area contributed by atoms with Crippen LogP contribution >= 0.6 is 0 Å². The molecule has 4 aromatic rings. The minimum Gasteiger partial charge on any atom is -0.497 e. The molecule has 0 aliphatic carbocycles. The van der Waals surface area contributed by atoms with Crippen molar-refractivity contribution in [2.45, 2.75) is 27.3 Å². The average molecular weight is 385 g/mol. The van der Waals surface area contributed by atoms with Crippen LogP contribution in [-0.2, 0) is 6.54 Å². The Labute approximate surface area is 173 Å². The summed E-state index contributed by atoms with van der Waals surface area (Å²) in [5.74, 6) is 0.874. The van der Waals surface area contributed by atoms with Gasteiger partial charge in [0, 0.05) is 28.9 Å². The number of nitrogens with zero attached hydrogens (tertiary/aromatic N) is 1. The molecule has 0 amide bonds. The number of benzene rings is 3. The summed E-state index contributed by atoms with van der Waals surface area (Å²) < 4.78 is 5.21. The van der Waals surface area contributed by atoms with Crippen LogP contribution in [-0.4, -0.2) is 12.1 Å². The first-order valence-electron chi connectivity index (χ1n) is 10.1. The summed E-state index contributed by atoms with van der Waals surface area (Å²) in [6.45, 7) is 6.83. The lowest BCUT2D eigenvalue weighted by molar-refractivity contribution is 0.414. The van der Waals surface area contributed by atoms with E-state index in [4.69, 9.17) is 9.72 Å². The van der Waals surface area contributed by atoms with E-state index in [9.17, 15) is 0 Å². The molecule has 3 nitrogen and oxygen atoms in total.